The zero-order valence-corrected chi connectivity index (χ0v) is 30.4. The molecule has 1 aliphatic carbocycles. The Hall–Kier alpha value is -0.0725. The SMILES string of the molecule is C=CCO[Si](C)(C=C)O[Si](C)(C)CCC1CCC(CCC)C(CC[Si](C)(C)O[Si](C)(CCC)OCC=C)C1. The summed E-state index contributed by atoms with van der Waals surface area (Å²) in [6.45, 7) is 31.3. The zero-order valence-electron chi connectivity index (χ0n) is 26.4. The molecule has 5 unspecified atom stereocenters. The molecular weight excluding hydrogens is 537 g/mol. The van der Waals surface area contributed by atoms with Crippen LogP contribution in [0.25, 0.3) is 0 Å². The van der Waals surface area contributed by atoms with Crippen molar-refractivity contribution in [2.24, 2.45) is 17.8 Å². The fraction of sp³-hybridized carbons (Fsp3) is 0.800. The predicted molar refractivity (Wildman–Crippen MR) is 176 cm³/mol. The van der Waals surface area contributed by atoms with Gasteiger partial charge in [0.25, 0.3) is 0 Å². The molecular formula is C30H62O4Si4. The summed E-state index contributed by atoms with van der Waals surface area (Å²) in [6, 6.07) is 3.50. The quantitative estimate of drug-likeness (QED) is 0.0973. The summed E-state index contributed by atoms with van der Waals surface area (Å²) in [5.41, 5.74) is 1.93. The third-order valence-electron chi connectivity index (χ3n) is 8.22. The van der Waals surface area contributed by atoms with Crippen LogP contribution >= 0.6 is 0 Å². The summed E-state index contributed by atoms with van der Waals surface area (Å²) >= 11 is 0. The van der Waals surface area contributed by atoms with Crippen molar-refractivity contribution >= 4 is 33.8 Å². The molecule has 5 atom stereocenters. The normalized spacial score (nSPS) is 23.8. The van der Waals surface area contributed by atoms with Gasteiger partial charge in [-0.2, -0.15) is 0 Å². The van der Waals surface area contributed by atoms with Gasteiger partial charge in [0.2, 0.25) is 0 Å². The van der Waals surface area contributed by atoms with Crippen molar-refractivity contribution in [1.29, 1.82) is 0 Å². The van der Waals surface area contributed by atoms with Crippen LogP contribution < -0.4 is 0 Å². The fourth-order valence-electron chi connectivity index (χ4n) is 6.31. The molecule has 222 valence electrons. The molecule has 0 aromatic heterocycles. The molecule has 0 amide bonds. The molecule has 1 saturated carbocycles. The lowest BCUT2D eigenvalue weighted by Crippen LogP contribution is -2.49. The Morgan fingerprint density at radius 3 is 1.87 bits per heavy atom. The van der Waals surface area contributed by atoms with Gasteiger partial charge < -0.3 is 17.1 Å². The van der Waals surface area contributed by atoms with E-state index in [1.165, 1.54) is 57.0 Å². The van der Waals surface area contributed by atoms with E-state index in [1.807, 2.05) is 11.8 Å². The maximum absolute atomic E-state index is 6.93. The van der Waals surface area contributed by atoms with E-state index >= 15 is 0 Å². The van der Waals surface area contributed by atoms with Crippen LogP contribution in [0.5, 0.6) is 0 Å². The number of rotatable bonds is 21. The standard InChI is InChI=1S/C30H62O4Si4/c1-12-17-29-19-18-28(20-25-35(6,7)33-37(10,16-5)31-22-13-2)27-30(29)21-26-36(8,9)34-38(11,24-15-4)32-23-14-3/h13-14,16,28-30H,2-3,5,12,15,17-27H2,1,4,6-11H3. The van der Waals surface area contributed by atoms with E-state index < -0.39 is 33.8 Å². The minimum atomic E-state index is -2.34. The van der Waals surface area contributed by atoms with Crippen LogP contribution in [0.3, 0.4) is 0 Å². The van der Waals surface area contributed by atoms with E-state index in [9.17, 15) is 0 Å². The summed E-state index contributed by atoms with van der Waals surface area (Å²) < 4.78 is 25.9. The molecule has 0 N–H and O–H groups in total. The molecule has 0 radical (unpaired) electrons. The lowest BCUT2D eigenvalue weighted by Gasteiger charge is -2.40. The lowest BCUT2D eigenvalue weighted by molar-refractivity contribution is 0.159. The van der Waals surface area contributed by atoms with Gasteiger partial charge in [-0.25, -0.2) is 0 Å². The minimum Gasteiger partial charge on any atom is -0.436 e. The van der Waals surface area contributed by atoms with E-state index in [0.717, 1.165) is 30.2 Å². The average Bonchev–Trinajstić information content (AvgIpc) is 2.84. The smallest absolute Gasteiger partial charge is 0.351 e. The maximum atomic E-state index is 6.93. The molecule has 0 aromatic rings. The van der Waals surface area contributed by atoms with Gasteiger partial charge in [-0.3, -0.25) is 0 Å². The van der Waals surface area contributed by atoms with Gasteiger partial charge in [0.1, 0.15) is 0 Å². The van der Waals surface area contributed by atoms with Gasteiger partial charge in [-0.15, -0.1) is 19.7 Å². The van der Waals surface area contributed by atoms with E-state index in [2.05, 4.69) is 72.9 Å². The Morgan fingerprint density at radius 1 is 0.684 bits per heavy atom. The van der Waals surface area contributed by atoms with E-state index in [0.29, 0.717) is 13.2 Å². The van der Waals surface area contributed by atoms with Crippen LogP contribution in [0.15, 0.2) is 37.6 Å². The van der Waals surface area contributed by atoms with Crippen molar-refractivity contribution in [3.63, 3.8) is 0 Å². The second kappa shape index (κ2) is 17.0. The molecule has 0 bridgehead atoms. The van der Waals surface area contributed by atoms with Crippen LogP contribution in [-0.4, -0.2) is 47.0 Å². The highest BCUT2D eigenvalue weighted by Gasteiger charge is 2.40. The first kappa shape index (κ1) is 36.0. The van der Waals surface area contributed by atoms with Crippen LogP contribution in [-0.2, 0) is 17.1 Å². The van der Waals surface area contributed by atoms with Crippen molar-refractivity contribution in [3.8, 4) is 0 Å². The Balaban J connectivity index is 2.78. The van der Waals surface area contributed by atoms with Gasteiger partial charge in [0.05, 0.1) is 13.2 Å². The zero-order chi connectivity index (χ0) is 28.9. The largest absolute Gasteiger partial charge is 0.436 e. The van der Waals surface area contributed by atoms with E-state index in [-0.39, 0.29) is 0 Å². The first-order valence-corrected chi connectivity index (χ1v) is 26.4. The molecule has 8 heteroatoms. The average molecular weight is 599 g/mol. The van der Waals surface area contributed by atoms with Crippen molar-refractivity contribution in [1.82, 2.24) is 0 Å². The lowest BCUT2D eigenvalue weighted by atomic mass is 9.70. The highest BCUT2D eigenvalue weighted by atomic mass is 28.4. The summed E-state index contributed by atoms with van der Waals surface area (Å²) in [6.07, 6.45) is 14.2. The molecule has 1 rings (SSSR count). The van der Waals surface area contributed by atoms with E-state index in [4.69, 9.17) is 17.1 Å². The third kappa shape index (κ3) is 13.5. The van der Waals surface area contributed by atoms with Gasteiger partial charge in [-0.05, 0) is 88.0 Å². The molecule has 1 aliphatic rings. The number of hydrogen-bond donors (Lipinski definition) is 0. The highest BCUT2D eigenvalue weighted by molar-refractivity contribution is 6.85. The first-order valence-electron chi connectivity index (χ1n) is 15.3. The van der Waals surface area contributed by atoms with Crippen LogP contribution in [0, 0.1) is 17.8 Å². The first-order chi connectivity index (χ1) is 17.8. The Kier molecular flexibility index (Phi) is 16.1. The molecule has 0 saturated heterocycles. The monoisotopic (exact) mass is 598 g/mol. The highest BCUT2D eigenvalue weighted by Crippen LogP contribution is 2.42. The van der Waals surface area contributed by atoms with Crippen molar-refractivity contribution in [2.75, 3.05) is 13.2 Å². The molecule has 38 heavy (non-hydrogen) atoms. The van der Waals surface area contributed by atoms with Gasteiger partial charge >= 0.3 is 17.1 Å². The maximum Gasteiger partial charge on any atom is 0.351 e. The molecule has 0 spiro atoms. The molecule has 0 aromatic carbocycles. The summed E-state index contributed by atoms with van der Waals surface area (Å²) in [4.78, 5) is 0. The second-order valence-corrected chi connectivity index (χ2v) is 28.5. The van der Waals surface area contributed by atoms with Crippen molar-refractivity contribution in [3.05, 3.63) is 37.6 Å². The predicted octanol–water partition coefficient (Wildman–Crippen LogP) is 9.73. The summed E-state index contributed by atoms with van der Waals surface area (Å²) in [7, 11) is -8.13. The van der Waals surface area contributed by atoms with E-state index in [1.54, 1.807) is 6.08 Å². The van der Waals surface area contributed by atoms with Crippen LogP contribution in [0.1, 0.15) is 65.2 Å². The van der Waals surface area contributed by atoms with Gasteiger partial charge in [0, 0.05) is 0 Å². The van der Waals surface area contributed by atoms with Crippen LogP contribution in [0.2, 0.25) is 57.4 Å². The fourth-order valence-corrected chi connectivity index (χ4v) is 21.7. The Labute approximate surface area is 241 Å². The Morgan fingerprint density at radius 2 is 1.29 bits per heavy atom. The molecule has 1 fully saturated rings. The topological polar surface area (TPSA) is 36.9 Å². The van der Waals surface area contributed by atoms with Crippen molar-refractivity contribution < 1.29 is 17.1 Å². The summed E-state index contributed by atoms with van der Waals surface area (Å²) in [5, 5.41) is 0. The molecule has 0 aliphatic heterocycles. The minimum absolute atomic E-state index is 0.534. The third-order valence-corrected chi connectivity index (χ3v) is 22.6. The van der Waals surface area contributed by atoms with Crippen LogP contribution in [0.4, 0.5) is 0 Å². The van der Waals surface area contributed by atoms with Gasteiger partial charge in [-0.1, -0.05) is 70.2 Å². The Bertz CT molecular complexity index is 716. The van der Waals surface area contributed by atoms with Crippen molar-refractivity contribution in [2.45, 2.75) is 123 Å². The molecule has 4 nitrogen and oxygen atoms in total. The number of hydrogen-bond acceptors (Lipinski definition) is 4. The summed E-state index contributed by atoms with van der Waals surface area (Å²) in [5.74, 6) is 2.52. The molecule has 0 heterocycles. The van der Waals surface area contributed by atoms with Gasteiger partial charge in [0.15, 0.2) is 16.6 Å². The second-order valence-electron chi connectivity index (χ2n) is 13.1.